The highest BCUT2D eigenvalue weighted by molar-refractivity contribution is 7.86. The monoisotopic (exact) mass is 334 g/mol. The summed E-state index contributed by atoms with van der Waals surface area (Å²) in [5, 5.41) is 0. The molecule has 1 aliphatic heterocycles. The summed E-state index contributed by atoms with van der Waals surface area (Å²) in [6, 6.07) is 6.22. The Balaban J connectivity index is 2.04. The fraction of sp³-hybridized carbons (Fsp3) is 0.571. The predicted octanol–water partition coefficient (Wildman–Crippen LogP) is 2.45. The molecule has 0 radical (unpaired) electrons. The summed E-state index contributed by atoms with van der Waals surface area (Å²) in [6.07, 6.45) is 1.55. The summed E-state index contributed by atoms with van der Waals surface area (Å²) in [6.45, 7) is 0.979. The van der Waals surface area contributed by atoms with Crippen molar-refractivity contribution in [1.82, 2.24) is 8.61 Å². The molecule has 4 nitrogen and oxygen atoms in total. The molecule has 1 saturated heterocycles. The lowest BCUT2D eigenvalue weighted by atomic mass is 10.0. The zero-order chi connectivity index (χ0) is 15.5. The van der Waals surface area contributed by atoms with E-state index in [2.05, 4.69) is 0 Å². The van der Waals surface area contributed by atoms with Crippen molar-refractivity contribution < 1.29 is 12.8 Å². The SMILES string of the molecule is CN(Cc1ccccc1F)S(=O)(=O)N1CCC(CCl)CC1. The van der Waals surface area contributed by atoms with Crippen LogP contribution in [0.2, 0.25) is 0 Å². The fourth-order valence-electron chi connectivity index (χ4n) is 2.44. The lowest BCUT2D eigenvalue weighted by Crippen LogP contribution is -2.45. The van der Waals surface area contributed by atoms with Gasteiger partial charge in [0.05, 0.1) is 0 Å². The van der Waals surface area contributed by atoms with Gasteiger partial charge >= 0.3 is 0 Å². The van der Waals surface area contributed by atoms with E-state index in [-0.39, 0.29) is 12.4 Å². The van der Waals surface area contributed by atoms with Crippen LogP contribution in [0, 0.1) is 11.7 Å². The van der Waals surface area contributed by atoms with Gasteiger partial charge in [-0.25, -0.2) is 4.39 Å². The molecule has 0 aromatic heterocycles. The molecule has 0 unspecified atom stereocenters. The zero-order valence-corrected chi connectivity index (χ0v) is 13.6. The Bertz CT molecular complexity index is 574. The Morgan fingerprint density at radius 1 is 1.33 bits per heavy atom. The molecule has 21 heavy (non-hydrogen) atoms. The topological polar surface area (TPSA) is 40.6 Å². The van der Waals surface area contributed by atoms with Crippen LogP contribution in [0.25, 0.3) is 0 Å². The molecule has 0 N–H and O–H groups in total. The Morgan fingerprint density at radius 2 is 1.95 bits per heavy atom. The number of alkyl halides is 1. The summed E-state index contributed by atoms with van der Waals surface area (Å²) in [5.41, 5.74) is 0.374. The summed E-state index contributed by atoms with van der Waals surface area (Å²) < 4.78 is 41.3. The Morgan fingerprint density at radius 3 is 2.52 bits per heavy atom. The first kappa shape index (κ1) is 16.7. The van der Waals surface area contributed by atoms with E-state index < -0.39 is 10.2 Å². The molecule has 0 spiro atoms. The van der Waals surface area contributed by atoms with E-state index in [0.717, 1.165) is 12.8 Å². The first-order valence-electron chi connectivity index (χ1n) is 6.96. The molecule has 118 valence electrons. The first-order valence-corrected chi connectivity index (χ1v) is 8.89. The van der Waals surface area contributed by atoms with Gasteiger partial charge in [0.25, 0.3) is 10.2 Å². The lowest BCUT2D eigenvalue weighted by molar-refractivity contribution is 0.271. The maximum atomic E-state index is 13.6. The van der Waals surface area contributed by atoms with Gasteiger partial charge in [0.2, 0.25) is 0 Å². The van der Waals surface area contributed by atoms with Crippen molar-refractivity contribution in [2.75, 3.05) is 26.0 Å². The number of hydrogen-bond donors (Lipinski definition) is 0. The third-order valence-corrected chi connectivity index (χ3v) is 6.23. The molecule has 0 amide bonds. The summed E-state index contributed by atoms with van der Waals surface area (Å²) >= 11 is 5.81. The van der Waals surface area contributed by atoms with E-state index in [4.69, 9.17) is 11.6 Å². The summed E-state index contributed by atoms with van der Waals surface area (Å²) in [4.78, 5) is 0. The minimum atomic E-state index is -3.55. The minimum Gasteiger partial charge on any atom is -0.207 e. The fourth-order valence-corrected chi connectivity index (χ4v) is 4.12. The molecular weight excluding hydrogens is 315 g/mol. The number of piperidine rings is 1. The summed E-state index contributed by atoms with van der Waals surface area (Å²) in [7, 11) is -2.07. The van der Waals surface area contributed by atoms with E-state index in [0.29, 0.717) is 30.5 Å². The number of hydrogen-bond acceptors (Lipinski definition) is 2. The molecule has 1 heterocycles. The van der Waals surface area contributed by atoms with Gasteiger partial charge in [0.15, 0.2) is 0 Å². The van der Waals surface area contributed by atoms with Crippen LogP contribution in [0.1, 0.15) is 18.4 Å². The minimum absolute atomic E-state index is 0.0322. The Hall–Kier alpha value is -0.690. The molecule has 1 aromatic carbocycles. The van der Waals surface area contributed by atoms with Crippen LogP contribution in [0.3, 0.4) is 0 Å². The zero-order valence-electron chi connectivity index (χ0n) is 12.0. The van der Waals surface area contributed by atoms with Crippen LogP contribution in [0.4, 0.5) is 4.39 Å². The van der Waals surface area contributed by atoms with Crippen LogP contribution in [0.15, 0.2) is 24.3 Å². The second-order valence-corrected chi connectivity index (χ2v) is 7.70. The number of benzene rings is 1. The molecule has 1 fully saturated rings. The van der Waals surface area contributed by atoms with Crippen LogP contribution < -0.4 is 0 Å². The normalized spacial score (nSPS) is 18.3. The van der Waals surface area contributed by atoms with E-state index in [1.165, 1.54) is 21.7 Å². The quantitative estimate of drug-likeness (QED) is 0.776. The first-order chi connectivity index (χ1) is 9.95. The van der Waals surface area contributed by atoms with Crippen LogP contribution >= 0.6 is 11.6 Å². The van der Waals surface area contributed by atoms with E-state index in [1.807, 2.05) is 0 Å². The third-order valence-electron chi connectivity index (χ3n) is 3.86. The van der Waals surface area contributed by atoms with Gasteiger partial charge in [-0.3, -0.25) is 0 Å². The van der Waals surface area contributed by atoms with Crippen molar-refractivity contribution >= 4 is 21.8 Å². The van der Waals surface area contributed by atoms with E-state index in [9.17, 15) is 12.8 Å². The molecular formula is C14H20ClFN2O2S. The molecule has 0 aliphatic carbocycles. The standard InChI is InChI=1S/C14H20ClFN2O2S/c1-17(11-13-4-2-3-5-14(13)16)21(19,20)18-8-6-12(10-15)7-9-18/h2-5,12H,6-11H2,1H3. The molecule has 1 aromatic rings. The Labute approximate surface area is 130 Å². The highest BCUT2D eigenvalue weighted by Gasteiger charge is 2.31. The van der Waals surface area contributed by atoms with Crippen LogP contribution in [-0.4, -0.2) is 43.0 Å². The van der Waals surface area contributed by atoms with Crippen LogP contribution in [-0.2, 0) is 16.8 Å². The van der Waals surface area contributed by atoms with Gasteiger partial charge < -0.3 is 0 Å². The van der Waals surface area contributed by atoms with Gasteiger partial charge in [-0.05, 0) is 24.8 Å². The number of nitrogens with zero attached hydrogens (tertiary/aromatic N) is 2. The molecule has 1 aliphatic rings. The third kappa shape index (κ3) is 3.94. The average Bonchev–Trinajstić information content (AvgIpc) is 2.49. The highest BCUT2D eigenvalue weighted by atomic mass is 35.5. The van der Waals surface area contributed by atoms with Crippen molar-refractivity contribution in [3.05, 3.63) is 35.6 Å². The largest absolute Gasteiger partial charge is 0.282 e. The summed E-state index contributed by atoms with van der Waals surface area (Å²) in [5.74, 6) is 0.564. The van der Waals surface area contributed by atoms with Gasteiger partial charge in [-0.2, -0.15) is 17.0 Å². The molecule has 7 heteroatoms. The van der Waals surface area contributed by atoms with Gasteiger partial charge in [0, 0.05) is 38.1 Å². The van der Waals surface area contributed by atoms with E-state index >= 15 is 0 Å². The second-order valence-electron chi connectivity index (χ2n) is 5.35. The van der Waals surface area contributed by atoms with Crippen molar-refractivity contribution in [2.24, 2.45) is 5.92 Å². The van der Waals surface area contributed by atoms with Gasteiger partial charge in [-0.15, -0.1) is 11.6 Å². The Kier molecular flexibility index (Phi) is 5.60. The number of halogens is 2. The maximum Gasteiger partial charge on any atom is 0.282 e. The van der Waals surface area contributed by atoms with Crippen molar-refractivity contribution in [1.29, 1.82) is 0 Å². The maximum absolute atomic E-state index is 13.6. The van der Waals surface area contributed by atoms with Crippen LogP contribution in [0.5, 0.6) is 0 Å². The van der Waals surface area contributed by atoms with Gasteiger partial charge in [-0.1, -0.05) is 18.2 Å². The average molecular weight is 335 g/mol. The molecule has 0 bridgehead atoms. The molecule has 2 rings (SSSR count). The van der Waals surface area contributed by atoms with Crippen molar-refractivity contribution in [2.45, 2.75) is 19.4 Å². The smallest absolute Gasteiger partial charge is 0.207 e. The second kappa shape index (κ2) is 7.05. The van der Waals surface area contributed by atoms with E-state index in [1.54, 1.807) is 18.2 Å². The lowest BCUT2D eigenvalue weighted by Gasteiger charge is -2.33. The highest BCUT2D eigenvalue weighted by Crippen LogP contribution is 2.22. The molecule has 0 atom stereocenters. The van der Waals surface area contributed by atoms with Gasteiger partial charge in [0.1, 0.15) is 5.82 Å². The predicted molar refractivity (Wildman–Crippen MR) is 81.8 cm³/mol. The van der Waals surface area contributed by atoms with Crippen molar-refractivity contribution in [3.8, 4) is 0 Å². The molecule has 0 saturated carbocycles. The number of rotatable bonds is 5. The van der Waals surface area contributed by atoms with Crippen molar-refractivity contribution in [3.63, 3.8) is 0 Å².